The molecule has 0 spiro atoms. The standard InChI is InChI=1S/C63H97FN12O25Si/c1-62(2,3)102(64,63(4,5)6)39-14-12-38(13-15-39)54(89)70-44(34-67-48(79)20-18-45(60(99)100)76-32-30-74(36-52(85)86)28-26-73(35-51(83)84)27-29-75(31-33-76)37-53(87)88)55(90)69-41(57(93)94)10-7-8-24-65-46(77)21-22-47(78)66-25-9-11-40(56(91)92)68-49(80)19-16-42(58(95)96)71-61(101)72-43(59(97)98)17-23-50(81)82/h12-15,17,23,40-45H,7-11,16,18-22,24-37H2,1-6H3,(H,65,77)(H,66,78)(H,67,79)(H,68,80)(H,69,90)(H,70,89)(H,81,82)(H,83,84)(H,85,86)(H,87,88)(H,91,92)(H,93,94)(H,95,96)(H,97,98)(H,99,100)(H2,71,72,101)/b23-17+/t40-,41-,42-,43-,44+,45+/m0/s1. The number of aliphatic carboxylic acids is 9. The predicted molar refractivity (Wildman–Crippen MR) is 359 cm³/mol. The number of unbranched alkanes of at least 4 members (excludes halogenated alkanes) is 1. The van der Waals surface area contributed by atoms with Gasteiger partial charge in [-0.15, -0.1) is 0 Å². The van der Waals surface area contributed by atoms with Crippen LogP contribution in [0.2, 0.25) is 10.1 Å². The van der Waals surface area contributed by atoms with Crippen LogP contribution in [0.15, 0.2) is 36.4 Å². The van der Waals surface area contributed by atoms with Gasteiger partial charge in [0.25, 0.3) is 14.3 Å². The lowest BCUT2D eigenvalue weighted by atomic mass is 10.1. The molecule has 0 radical (unpaired) electrons. The van der Waals surface area contributed by atoms with E-state index < -0.39 is 195 Å². The highest BCUT2D eigenvalue weighted by Gasteiger charge is 2.56. The second-order valence-electron chi connectivity index (χ2n) is 26.3. The van der Waals surface area contributed by atoms with Crippen LogP contribution in [0, 0.1) is 0 Å². The van der Waals surface area contributed by atoms with Gasteiger partial charge in [0.15, 0.2) is 0 Å². The maximum absolute atomic E-state index is 17.2. The van der Waals surface area contributed by atoms with Crippen LogP contribution in [0.3, 0.4) is 0 Å². The molecule has 1 aromatic carbocycles. The van der Waals surface area contributed by atoms with E-state index in [9.17, 15) is 118 Å². The Balaban J connectivity index is 2.14. The van der Waals surface area contributed by atoms with Gasteiger partial charge in [-0.25, -0.2) is 28.8 Å². The van der Waals surface area contributed by atoms with Crippen molar-refractivity contribution < 1.29 is 127 Å². The highest BCUT2D eigenvalue weighted by Crippen LogP contribution is 2.51. The number of nitrogens with zero attached hydrogens (tertiary/aromatic N) is 4. The molecular formula is C63H97FN12O25Si. The Morgan fingerprint density at radius 1 is 0.461 bits per heavy atom. The van der Waals surface area contributed by atoms with E-state index in [0.717, 1.165) is 0 Å². The van der Waals surface area contributed by atoms with Crippen LogP contribution in [-0.2, 0) is 67.1 Å². The van der Waals surface area contributed by atoms with Crippen LogP contribution in [0.4, 0.5) is 8.90 Å². The van der Waals surface area contributed by atoms with Crippen LogP contribution in [-0.4, -0.2) is 297 Å². The van der Waals surface area contributed by atoms with Crippen LogP contribution in [0.1, 0.15) is 123 Å². The first-order chi connectivity index (χ1) is 47.5. The van der Waals surface area contributed by atoms with Crippen molar-refractivity contribution in [3.63, 3.8) is 0 Å². The van der Waals surface area contributed by atoms with E-state index in [1.807, 2.05) is 10.6 Å². The molecule has 102 heavy (non-hydrogen) atoms. The third-order valence-corrected chi connectivity index (χ3v) is 21.6. The average molecular weight is 1470 g/mol. The summed E-state index contributed by atoms with van der Waals surface area (Å²) >= 11 is 0. The Bertz CT molecular complexity index is 3100. The Kier molecular flexibility index (Phi) is 37.4. The summed E-state index contributed by atoms with van der Waals surface area (Å²) in [5, 5.41) is 104. The lowest BCUT2D eigenvalue weighted by Crippen LogP contribution is -2.58. The van der Waals surface area contributed by atoms with Gasteiger partial charge in [0, 0.05) is 109 Å². The fourth-order valence-corrected chi connectivity index (χ4v) is 15.8. The lowest BCUT2D eigenvalue weighted by Gasteiger charge is -2.44. The molecular weight excluding hydrogens is 1370 g/mol. The summed E-state index contributed by atoms with van der Waals surface area (Å²) < 4.78 is 17.2. The molecule has 1 fully saturated rings. The molecule has 6 atom stereocenters. The molecule has 1 heterocycles. The minimum absolute atomic E-state index is 0.00494. The van der Waals surface area contributed by atoms with E-state index >= 15 is 4.11 Å². The summed E-state index contributed by atoms with van der Waals surface area (Å²) in [6, 6.07) is -5.50. The van der Waals surface area contributed by atoms with Crippen LogP contribution >= 0.6 is 0 Å². The molecule has 1 aliphatic rings. The minimum Gasteiger partial charge on any atom is -0.480 e. The van der Waals surface area contributed by atoms with Gasteiger partial charge in [-0.05, 0) is 78.4 Å². The van der Waals surface area contributed by atoms with Crippen molar-refractivity contribution in [3.05, 3.63) is 42.0 Å². The van der Waals surface area contributed by atoms with Gasteiger partial charge in [0.05, 0.1) is 19.6 Å². The Morgan fingerprint density at radius 2 is 0.892 bits per heavy atom. The van der Waals surface area contributed by atoms with Crippen LogP contribution in [0.25, 0.3) is 0 Å². The molecule has 2 rings (SSSR count). The van der Waals surface area contributed by atoms with E-state index in [0.29, 0.717) is 17.3 Å². The number of rotatable bonds is 42. The Morgan fingerprint density at radius 3 is 1.33 bits per heavy atom. The van der Waals surface area contributed by atoms with E-state index in [4.69, 9.17) is 5.11 Å². The quantitative estimate of drug-likeness (QED) is 0.0147. The number of carbonyl (C=O) groups excluding carboxylic acids is 7. The smallest absolute Gasteiger partial charge is 0.330 e. The highest BCUT2D eigenvalue weighted by atomic mass is 28.4. The number of benzene rings is 1. The van der Waals surface area contributed by atoms with E-state index in [-0.39, 0.29) is 122 Å². The molecule has 8 amide bonds. The number of carboxylic acids is 9. The molecule has 0 aromatic heterocycles. The summed E-state index contributed by atoms with van der Waals surface area (Å²) in [6.45, 7) is 8.53. The molecule has 1 aromatic rings. The van der Waals surface area contributed by atoms with Crippen molar-refractivity contribution >= 4 is 109 Å². The molecule has 0 aliphatic carbocycles. The number of hydrogen-bond acceptors (Lipinski definition) is 20. The van der Waals surface area contributed by atoms with E-state index in [1.165, 1.54) is 43.9 Å². The first kappa shape index (κ1) is 88.4. The summed E-state index contributed by atoms with van der Waals surface area (Å²) in [5.41, 5.74) is -0.0352. The highest BCUT2D eigenvalue weighted by molar-refractivity contribution is 6.90. The second-order valence-corrected chi connectivity index (χ2v) is 31.2. The molecule has 0 unspecified atom stereocenters. The van der Waals surface area contributed by atoms with Crippen molar-refractivity contribution in [1.82, 2.24) is 62.1 Å². The summed E-state index contributed by atoms with van der Waals surface area (Å²) in [4.78, 5) is 204. The van der Waals surface area contributed by atoms with Gasteiger partial charge < -0.3 is 92.6 Å². The summed E-state index contributed by atoms with van der Waals surface area (Å²) in [7, 11) is -3.81. The van der Waals surface area contributed by atoms with Crippen molar-refractivity contribution in [3.8, 4) is 0 Å². The fraction of sp³-hybridized carbons (Fsp3) is 0.619. The SMILES string of the molecule is CC(C)(C)[Si](F)(c1ccc(C(=O)N[C@H](CNC(=O)CC[C@H](C(=O)O)N2CCN(CC(=O)O)CCN(CC(=O)O)CCN(CC(=O)O)CC2)C(=O)N[C@@H](CCCCNC(=O)CCC(=O)NCCC[C@H](NC(=O)CC[C@H](NC(=O)N[C@@H](/C=C/C(=O)O)C(=O)O)C(=O)O)C(=O)O)C(=O)O)cc1)C(C)(C)C. The average Bonchev–Trinajstić information content (AvgIpc) is 0.748. The lowest BCUT2D eigenvalue weighted by molar-refractivity contribution is -0.145. The van der Waals surface area contributed by atoms with Gasteiger partial charge in [-0.3, -0.25) is 67.5 Å². The largest absolute Gasteiger partial charge is 0.480 e. The zero-order chi connectivity index (χ0) is 77.2. The number of carboxylic acid groups (broad SMARTS) is 9. The summed E-state index contributed by atoms with van der Waals surface area (Å²) in [6.07, 6.45) is -1.94. The first-order valence-corrected chi connectivity index (χ1v) is 34.6. The molecule has 0 bridgehead atoms. The molecule has 39 heteroatoms. The number of amides is 8. The molecule has 17 N–H and O–H groups in total. The van der Waals surface area contributed by atoms with Crippen molar-refractivity contribution in [1.29, 1.82) is 0 Å². The first-order valence-electron chi connectivity index (χ1n) is 32.7. The van der Waals surface area contributed by atoms with Crippen molar-refractivity contribution in [2.45, 2.75) is 158 Å². The van der Waals surface area contributed by atoms with Gasteiger partial charge in [-0.2, -0.15) is 0 Å². The van der Waals surface area contributed by atoms with Crippen LogP contribution < -0.4 is 47.7 Å². The Hall–Kier alpha value is -9.73. The van der Waals surface area contributed by atoms with Crippen LogP contribution in [0.5, 0.6) is 0 Å². The van der Waals surface area contributed by atoms with E-state index in [1.54, 1.807) is 41.5 Å². The third-order valence-electron chi connectivity index (χ3n) is 16.4. The van der Waals surface area contributed by atoms with E-state index in [2.05, 4.69) is 31.9 Å². The Labute approximate surface area is 587 Å². The zero-order valence-corrected chi connectivity index (χ0v) is 58.8. The molecule has 1 saturated heterocycles. The number of urea groups is 1. The van der Waals surface area contributed by atoms with Crippen molar-refractivity contribution in [2.75, 3.05) is 91.6 Å². The third kappa shape index (κ3) is 32.7. The number of hydrogen-bond donors (Lipinski definition) is 17. The van der Waals surface area contributed by atoms with Gasteiger partial charge in [0.1, 0.15) is 36.3 Å². The monoisotopic (exact) mass is 1470 g/mol. The van der Waals surface area contributed by atoms with Crippen molar-refractivity contribution in [2.24, 2.45) is 0 Å². The minimum atomic E-state index is -3.81. The zero-order valence-electron chi connectivity index (χ0n) is 57.8. The fourth-order valence-electron chi connectivity index (χ4n) is 11.2. The normalized spacial score (nSPS) is 15.7. The predicted octanol–water partition coefficient (Wildman–Crippen LogP) is -1.94. The molecule has 570 valence electrons. The number of halogens is 1. The molecule has 1 aliphatic heterocycles. The number of nitrogens with one attached hydrogen (secondary N) is 8. The maximum Gasteiger partial charge on any atom is 0.330 e. The number of carbonyl (C=O) groups is 16. The second kappa shape index (κ2) is 43.2. The maximum atomic E-state index is 17.2. The van der Waals surface area contributed by atoms with Gasteiger partial charge >= 0.3 is 59.8 Å². The van der Waals surface area contributed by atoms with Gasteiger partial charge in [0.2, 0.25) is 29.5 Å². The topological polar surface area (TPSA) is 564 Å². The molecule has 0 saturated carbocycles. The molecule has 37 nitrogen and oxygen atoms in total. The van der Waals surface area contributed by atoms with Gasteiger partial charge in [-0.1, -0.05) is 53.7 Å². The summed E-state index contributed by atoms with van der Waals surface area (Å²) in [5.74, 6) is -17.8.